The van der Waals surface area contributed by atoms with Crippen molar-refractivity contribution < 1.29 is 8.78 Å². The lowest BCUT2D eigenvalue weighted by atomic mass is 9.64. The van der Waals surface area contributed by atoms with Gasteiger partial charge in [0, 0.05) is 59.0 Å². The smallest absolute Gasteiger partial charge is 0.141 e. The first-order chi connectivity index (χ1) is 16.7. The SMILES string of the molecule is C/C(=C\C=C(\F)CF)CNCC1C(c2ccc(C)cn2)C(c2ccc(Cl)cc2Cl)C=CC1(N)C=N. The summed E-state index contributed by atoms with van der Waals surface area (Å²) >= 11 is 12.8. The number of benzene rings is 1. The molecule has 0 aliphatic heterocycles. The average molecular weight is 519 g/mol. The minimum absolute atomic E-state index is 0.142. The maximum atomic E-state index is 13.1. The van der Waals surface area contributed by atoms with Crippen LogP contribution in [-0.4, -0.2) is 36.5 Å². The zero-order valence-corrected chi connectivity index (χ0v) is 21.3. The van der Waals surface area contributed by atoms with Gasteiger partial charge in [-0.1, -0.05) is 59.1 Å². The van der Waals surface area contributed by atoms with Gasteiger partial charge in [0.15, 0.2) is 0 Å². The minimum atomic E-state index is -1.12. The molecule has 3 rings (SSSR count). The van der Waals surface area contributed by atoms with Gasteiger partial charge in [0.2, 0.25) is 0 Å². The highest BCUT2D eigenvalue weighted by molar-refractivity contribution is 6.35. The molecule has 0 radical (unpaired) electrons. The Morgan fingerprint density at radius 3 is 2.66 bits per heavy atom. The van der Waals surface area contributed by atoms with Crippen LogP contribution in [-0.2, 0) is 0 Å². The molecule has 0 fully saturated rings. The van der Waals surface area contributed by atoms with Gasteiger partial charge >= 0.3 is 0 Å². The van der Waals surface area contributed by atoms with Gasteiger partial charge in [-0.25, -0.2) is 8.78 Å². The van der Waals surface area contributed by atoms with Crippen molar-refractivity contribution in [3.05, 3.63) is 99.1 Å². The third-order valence-electron chi connectivity index (χ3n) is 6.35. The first kappa shape index (κ1) is 27.2. The fourth-order valence-corrected chi connectivity index (χ4v) is 4.96. The largest absolute Gasteiger partial charge is 0.317 e. The first-order valence-electron chi connectivity index (χ1n) is 11.3. The van der Waals surface area contributed by atoms with Crippen molar-refractivity contribution in [2.45, 2.75) is 31.2 Å². The quantitative estimate of drug-likeness (QED) is 0.202. The molecule has 35 heavy (non-hydrogen) atoms. The molecule has 1 aliphatic rings. The van der Waals surface area contributed by atoms with E-state index in [0.717, 1.165) is 28.5 Å². The van der Waals surface area contributed by atoms with Gasteiger partial charge in [0.05, 0.1) is 5.54 Å². The van der Waals surface area contributed by atoms with Crippen molar-refractivity contribution in [1.29, 1.82) is 5.41 Å². The molecule has 1 aromatic heterocycles. The molecule has 4 N–H and O–H groups in total. The van der Waals surface area contributed by atoms with Gasteiger partial charge in [0.25, 0.3) is 0 Å². The number of allylic oxidation sites excluding steroid dienone is 4. The number of aryl methyl sites for hydroxylation is 1. The third-order valence-corrected chi connectivity index (χ3v) is 6.91. The van der Waals surface area contributed by atoms with Gasteiger partial charge in [-0.15, -0.1) is 0 Å². The molecular weight excluding hydrogens is 489 g/mol. The lowest BCUT2D eigenvalue weighted by Crippen LogP contribution is -2.55. The topological polar surface area (TPSA) is 74.8 Å². The molecule has 1 aromatic carbocycles. The second-order valence-corrected chi connectivity index (χ2v) is 9.82. The van der Waals surface area contributed by atoms with Gasteiger partial charge in [0.1, 0.15) is 12.5 Å². The summed E-state index contributed by atoms with van der Waals surface area (Å²) in [6.07, 6.45) is 9.61. The second kappa shape index (κ2) is 12.0. The van der Waals surface area contributed by atoms with Gasteiger partial charge in [-0.2, -0.15) is 0 Å². The van der Waals surface area contributed by atoms with Crippen LogP contribution >= 0.6 is 23.2 Å². The molecule has 0 saturated carbocycles. The van der Waals surface area contributed by atoms with Crippen LogP contribution in [0.2, 0.25) is 10.0 Å². The summed E-state index contributed by atoms with van der Waals surface area (Å²) in [5, 5.41) is 12.6. The maximum Gasteiger partial charge on any atom is 0.141 e. The molecule has 4 nitrogen and oxygen atoms in total. The first-order valence-corrected chi connectivity index (χ1v) is 12.1. The summed E-state index contributed by atoms with van der Waals surface area (Å²) in [5.74, 6) is -1.40. The van der Waals surface area contributed by atoms with Crippen LogP contribution < -0.4 is 11.1 Å². The van der Waals surface area contributed by atoms with Crippen molar-refractivity contribution in [2.24, 2.45) is 11.7 Å². The lowest BCUT2D eigenvalue weighted by molar-refractivity contribution is 0.295. The molecule has 2 aromatic rings. The second-order valence-electron chi connectivity index (χ2n) is 8.98. The molecule has 1 aliphatic carbocycles. The molecule has 1 heterocycles. The van der Waals surface area contributed by atoms with E-state index < -0.39 is 18.0 Å². The van der Waals surface area contributed by atoms with E-state index in [-0.39, 0.29) is 17.8 Å². The van der Waals surface area contributed by atoms with E-state index in [9.17, 15) is 8.78 Å². The van der Waals surface area contributed by atoms with E-state index in [0.29, 0.717) is 23.1 Å². The molecule has 0 saturated heterocycles. The summed E-state index contributed by atoms with van der Waals surface area (Å²) in [5.41, 5.74) is 9.33. The van der Waals surface area contributed by atoms with Crippen LogP contribution in [0.4, 0.5) is 8.78 Å². The Morgan fingerprint density at radius 2 is 2.03 bits per heavy atom. The van der Waals surface area contributed by atoms with Gasteiger partial charge in [-0.3, -0.25) is 4.98 Å². The summed E-state index contributed by atoms with van der Waals surface area (Å²) in [6.45, 7) is 3.59. The highest BCUT2D eigenvalue weighted by Gasteiger charge is 2.45. The van der Waals surface area contributed by atoms with Crippen LogP contribution in [0.15, 0.2) is 72.2 Å². The molecule has 186 valence electrons. The zero-order chi connectivity index (χ0) is 25.6. The van der Waals surface area contributed by atoms with E-state index in [4.69, 9.17) is 39.3 Å². The van der Waals surface area contributed by atoms with Crippen LogP contribution in [0.1, 0.15) is 35.6 Å². The van der Waals surface area contributed by atoms with Crippen molar-refractivity contribution in [3.63, 3.8) is 0 Å². The van der Waals surface area contributed by atoms with Crippen LogP contribution in [0.5, 0.6) is 0 Å². The number of aromatic nitrogens is 1. The predicted octanol–water partition coefficient (Wildman–Crippen LogP) is 6.46. The monoisotopic (exact) mass is 518 g/mol. The molecule has 0 amide bonds. The minimum Gasteiger partial charge on any atom is -0.317 e. The zero-order valence-electron chi connectivity index (χ0n) is 19.7. The number of nitrogens with two attached hydrogens (primary N) is 1. The van der Waals surface area contributed by atoms with E-state index in [2.05, 4.69) is 5.32 Å². The van der Waals surface area contributed by atoms with Gasteiger partial charge < -0.3 is 16.5 Å². The Balaban J connectivity index is 1.99. The average Bonchev–Trinajstić information content (AvgIpc) is 2.84. The number of pyridine rings is 1. The van der Waals surface area contributed by atoms with Crippen molar-refractivity contribution in [3.8, 4) is 0 Å². The Kier molecular flexibility index (Phi) is 9.36. The molecule has 8 heteroatoms. The molecule has 4 atom stereocenters. The van der Waals surface area contributed by atoms with Crippen LogP contribution in [0.3, 0.4) is 0 Å². The van der Waals surface area contributed by atoms with Crippen molar-refractivity contribution in [2.75, 3.05) is 19.8 Å². The Bertz CT molecular complexity index is 1130. The molecule has 0 bridgehead atoms. The number of alkyl halides is 1. The molecular formula is C27H30Cl2F2N4. The summed E-state index contributed by atoms with van der Waals surface area (Å²) in [6, 6.07) is 9.44. The predicted molar refractivity (Wildman–Crippen MR) is 141 cm³/mol. The van der Waals surface area contributed by atoms with E-state index >= 15 is 0 Å². The number of hydrogen-bond acceptors (Lipinski definition) is 4. The maximum absolute atomic E-state index is 13.1. The normalized spacial score (nSPS) is 25.1. The number of halogens is 4. The lowest BCUT2D eigenvalue weighted by Gasteiger charge is -2.44. The van der Waals surface area contributed by atoms with Crippen molar-refractivity contribution in [1.82, 2.24) is 10.3 Å². The van der Waals surface area contributed by atoms with Crippen LogP contribution in [0, 0.1) is 18.3 Å². The summed E-state index contributed by atoms with van der Waals surface area (Å²) in [7, 11) is 0. The highest BCUT2D eigenvalue weighted by atomic mass is 35.5. The van der Waals surface area contributed by atoms with Crippen molar-refractivity contribution >= 4 is 29.4 Å². The molecule has 4 unspecified atom stereocenters. The number of nitrogens with one attached hydrogen (secondary N) is 2. The Morgan fingerprint density at radius 1 is 1.26 bits per heavy atom. The standard InChI is InChI=1S/C27H30Cl2F2N4/c1-17(3-6-20(31)12-30)13-34-15-23-26(25-8-4-18(2)14-35-25)22(9-10-27(23,33)16-32)21-7-5-19(28)11-24(21)29/h3-11,14,16,22-23,26,32,34H,12-13,15,33H2,1-2H3/b17-3+,20-6+,32-16?. The van der Waals surface area contributed by atoms with E-state index in [1.54, 1.807) is 12.1 Å². The van der Waals surface area contributed by atoms with Crippen LogP contribution in [0.25, 0.3) is 0 Å². The van der Waals surface area contributed by atoms with Gasteiger partial charge in [-0.05, 0) is 49.2 Å². The number of nitrogens with zero attached hydrogens (tertiary/aromatic N) is 1. The Hall–Kier alpha value is -2.38. The number of hydrogen-bond donors (Lipinski definition) is 3. The van der Waals surface area contributed by atoms with E-state index in [1.165, 1.54) is 6.21 Å². The fourth-order valence-electron chi connectivity index (χ4n) is 4.43. The summed E-state index contributed by atoms with van der Waals surface area (Å²) in [4.78, 5) is 4.72. The Labute approximate surface area is 215 Å². The molecule has 0 spiro atoms. The highest BCUT2D eigenvalue weighted by Crippen LogP contribution is 2.47. The summed E-state index contributed by atoms with van der Waals surface area (Å²) < 4.78 is 25.5. The number of rotatable bonds is 9. The van der Waals surface area contributed by atoms with E-state index in [1.807, 2.05) is 56.5 Å². The third kappa shape index (κ3) is 6.64. The fraction of sp³-hybridized carbons (Fsp3) is 0.333.